The van der Waals surface area contributed by atoms with Crippen LogP contribution < -0.4 is 0 Å². The van der Waals surface area contributed by atoms with Crippen LogP contribution in [0.5, 0.6) is 0 Å². The largest absolute Gasteiger partial charge is 0.459 e. The van der Waals surface area contributed by atoms with Crippen LogP contribution >= 0.6 is 0 Å². The molecule has 2 atom stereocenters. The summed E-state index contributed by atoms with van der Waals surface area (Å²) in [6, 6.07) is 7.10. The Kier molecular flexibility index (Phi) is 26.1. The molecule has 44 heavy (non-hydrogen) atoms. The molecule has 4 nitrogen and oxygen atoms in total. The number of esters is 2. The van der Waals surface area contributed by atoms with Gasteiger partial charge in [0.2, 0.25) is 0 Å². The number of benzene rings is 1. The molecule has 0 saturated carbocycles. The van der Waals surface area contributed by atoms with Gasteiger partial charge >= 0.3 is 11.9 Å². The molecule has 0 aromatic heterocycles. The van der Waals surface area contributed by atoms with Gasteiger partial charge in [0, 0.05) is 0 Å². The van der Waals surface area contributed by atoms with Gasteiger partial charge in [-0.3, -0.25) is 0 Å². The highest BCUT2D eigenvalue weighted by Crippen LogP contribution is 2.22. The predicted molar refractivity (Wildman–Crippen MR) is 188 cm³/mol. The van der Waals surface area contributed by atoms with Crippen molar-refractivity contribution in [2.75, 3.05) is 0 Å². The third-order valence-electron chi connectivity index (χ3n) is 8.93. The minimum absolute atomic E-state index is 0.0947. The van der Waals surface area contributed by atoms with Crippen LogP contribution in [0.15, 0.2) is 24.3 Å². The lowest BCUT2D eigenvalue weighted by Gasteiger charge is -2.21. The number of ether oxygens (including phenoxy) is 2. The predicted octanol–water partition coefficient (Wildman–Crippen LogP) is 13.0. The Morgan fingerprint density at radius 3 is 0.977 bits per heavy atom. The Labute approximate surface area is 272 Å². The van der Waals surface area contributed by atoms with Gasteiger partial charge < -0.3 is 9.47 Å². The van der Waals surface area contributed by atoms with Crippen LogP contribution in [0.1, 0.15) is 215 Å². The summed E-state index contributed by atoms with van der Waals surface area (Å²) in [7, 11) is 0. The first kappa shape index (κ1) is 40.2. The number of hydrogen-bond acceptors (Lipinski definition) is 4. The van der Waals surface area contributed by atoms with Crippen molar-refractivity contribution >= 4 is 11.9 Å². The van der Waals surface area contributed by atoms with Crippen LogP contribution in [0.3, 0.4) is 0 Å². The first-order valence-corrected chi connectivity index (χ1v) is 19.1. The molecule has 0 N–H and O–H groups in total. The third kappa shape index (κ3) is 20.2. The van der Waals surface area contributed by atoms with Gasteiger partial charge in [0.05, 0.1) is 11.1 Å². The van der Waals surface area contributed by atoms with E-state index in [0.717, 1.165) is 51.4 Å². The molecule has 0 amide bonds. The van der Waals surface area contributed by atoms with Gasteiger partial charge in [-0.2, -0.15) is 0 Å². The molecule has 1 aromatic carbocycles. The van der Waals surface area contributed by atoms with Crippen molar-refractivity contribution in [3.63, 3.8) is 0 Å². The van der Waals surface area contributed by atoms with Crippen LogP contribution in [0.2, 0.25) is 0 Å². The summed E-state index contributed by atoms with van der Waals surface area (Å²) < 4.78 is 12.2. The second-order valence-corrected chi connectivity index (χ2v) is 13.1. The van der Waals surface area contributed by atoms with E-state index in [2.05, 4.69) is 27.7 Å². The zero-order chi connectivity index (χ0) is 32.1. The molecule has 254 valence electrons. The molecular weight excluding hydrogens is 544 g/mol. The maximum atomic E-state index is 13.5. The van der Waals surface area contributed by atoms with Crippen molar-refractivity contribution in [3.05, 3.63) is 35.4 Å². The molecule has 0 aliphatic heterocycles. The van der Waals surface area contributed by atoms with E-state index in [-0.39, 0.29) is 24.1 Å². The number of rotatable bonds is 30. The summed E-state index contributed by atoms with van der Waals surface area (Å²) in [4.78, 5) is 27.0. The monoisotopic (exact) mass is 615 g/mol. The van der Waals surface area contributed by atoms with Gasteiger partial charge in [-0.1, -0.05) is 155 Å². The van der Waals surface area contributed by atoms with E-state index < -0.39 is 0 Å². The van der Waals surface area contributed by atoms with E-state index in [9.17, 15) is 9.59 Å². The highest BCUT2D eigenvalue weighted by Gasteiger charge is 2.24. The molecule has 0 heterocycles. The fraction of sp³-hybridized carbons (Fsp3) is 0.800. The number of unbranched alkanes of at least 4 members (excludes halogenated alkanes) is 18. The Bertz CT molecular complexity index is 752. The minimum atomic E-state index is -0.382. The van der Waals surface area contributed by atoms with Crippen LogP contribution in [-0.4, -0.2) is 24.1 Å². The Balaban J connectivity index is 2.80. The van der Waals surface area contributed by atoms with E-state index in [1.54, 1.807) is 12.1 Å². The fourth-order valence-electron chi connectivity index (χ4n) is 6.05. The SMILES string of the molecule is CCCCCCCCCC(CCCCCC)OC(=O)c1ccccc1C(=O)OC(CCCCCC)CCCCCCCCC. The van der Waals surface area contributed by atoms with Crippen molar-refractivity contribution in [2.24, 2.45) is 0 Å². The zero-order valence-electron chi connectivity index (χ0n) is 29.5. The molecule has 0 spiro atoms. The summed E-state index contributed by atoms with van der Waals surface area (Å²) in [5.41, 5.74) is 0.688. The summed E-state index contributed by atoms with van der Waals surface area (Å²) in [6.45, 7) is 8.94. The number of hydrogen-bond donors (Lipinski definition) is 0. The first-order valence-electron chi connectivity index (χ1n) is 19.1. The minimum Gasteiger partial charge on any atom is -0.459 e. The van der Waals surface area contributed by atoms with Gasteiger partial charge in [-0.25, -0.2) is 9.59 Å². The molecule has 0 radical (unpaired) electrons. The smallest absolute Gasteiger partial charge is 0.339 e. The zero-order valence-corrected chi connectivity index (χ0v) is 29.5. The maximum absolute atomic E-state index is 13.5. The third-order valence-corrected chi connectivity index (χ3v) is 8.93. The lowest BCUT2D eigenvalue weighted by atomic mass is 10.0. The Morgan fingerprint density at radius 2 is 0.682 bits per heavy atom. The molecule has 0 aliphatic carbocycles. The fourth-order valence-corrected chi connectivity index (χ4v) is 6.05. The molecule has 4 heteroatoms. The molecule has 0 aliphatic rings. The average Bonchev–Trinajstić information content (AvgIpc) is 3.03. The second-order valence-electron chi connectivity index (χ2n) is 13.1. The second kappa shape index (κ2) is 28.6. The van der Waals surface area contributed by atoms with E-state index in [0.29, 0.717) is 11.1 Å². The van der Waals surface area contributed by atoms with Crippen molar-refractivity contribution in [2.45, 2.75) is 207 Å². The number of carbonyl (C=O) groups is 2. The lowest BCUT2D eigenvalue weighted by molar-refractivity contribution is 0.0201. The highest BCUT2D eigenvalue weighted by atomic mass is 16.5. The average molecular weight is 615 g/mol. The maximum Gasteiger partial charge on any atom is 0.339 e. The van der Waals surface area contributed by atoms with Crippen molar-refractivity contribution in [1.82, 2.24) is 0 Å². The van der Waals surface area contributed by atoms with Crippen LogP contribution in [0.4, 0.5) is 0 Å². The van der Waals surface area contributed by atoms with Gasteiger partial charge in [-0.15, -0.1) is 0 Å². The van der Waals surface area contributed by atoms with Crippen LogP contribution in [0, 0.1) is 0 Å². The van der Waals surface area contributed by atoms with Gasteiger partial charge in [-0.05, 0) is 63.5 Å². The molecule has 1 aromatic rings. The quantitative estimate of drug-likeness (QED) is 0.0639. The van der Waals surface area contributed by atoms with Crippen LogP contribution in [-0.2, 0) is 9.47 Å². The molecule has 0 saturated heterocycles. The van der Waals surface area contributed by atoms with Gasteiger partial charge in [0.15, 0.2) is 0 Å². The van der Waals surface area contributed by atoms with Crippen molar-refractivity contribution < 1.29 is 19.1 Å². The molecule has 1 rings (SSSR count). The van der Waals surface area contributed by atoms with Gasteiger partial charge in [0.25, 0.3) is 0 Å². The van der Waals surface area contributed by atoms with E-state index in [1.165, 1.54) is 116 Å². The van der Waals surface area contributed by atoms with Gasteiger partial charge in [0.1, 0.15) is 12.2 Å². The van der Waals surface area contributed by atoms with Crippen molar-refractivity contribution in [3.8, 4) is 0 Å². The van der Waals surface area contributed by atoms with Crippen LogP contribution in [0.25, 0.3) is 0 Å². The standard InChI is InChI=1S/C40H70O4/c1-5-9-13-17-19-21-25-31-35(29-23-15-11-7-3)43-39(41)37-33-27-28-34-38(37)40(42)44-36(30-24-16-12-8-4)32-26-22-20-18-14-10-6-2/h27-28,33-36H,5-26,29-32H2,1-4H3. The molecular formula is C40H70O4. The lowest BCUT2D eigenvalue weighted by Crippen LogP contribution is -2.23. The van der Waals surface area contributed by atoms with E-state index in [1.807, 2.05) is 12.1 Å². The Morgan fingerprint density at radius 1 is 0.432 bits per heavy atom. The number of carbonyl (C=O) groups excluding carboxylic acids is 2. The summed E-state index contributed by atoms with van der Waals surface area (Å²) in [6.07, 6.45) is 30.1. The first-order chi connectivity index (χ1) is 21.6. The summed E-state index contributed by atoms with van der Waals surface area (Å²) in [5, 5.41) is 0. The molecule has 0 bridgehead atoms. The summed E-state index contributed by atoms with van der Waals surface area (Å²) >= 11 is 0. The normalized spacial score (nSPS) is 12.6. The van der Waals surface area contributed by atoms with E-state index in [4.69, 9.17) is 9.47 Å². The van der Waals surface area contributed by atoms with E-state index >= 15 is 0 Å². The summed E-state index contributed by atoms with van der Waals surface area (Å²) in [5.74, 6) is -0.764. The molecule has 0 fully saturated rings. The highest BCUT2D eigenvalue weighted by molar-refractivity contribution is 6.03. The Hall–Kier alpha value is -1.84. The molecule has 2 unspecified atom stereocenters. The topological polar surface area (TPSA) is 52.6 Å². The van der Waals surface area contributed by atoms with Crippen molar-refractivity contribution in [1.29, 1.82) is 0 Å².